The minimum absolute atomic E-state index is 0.0241. The number of fused-ring (bicyclic) bond motifs is 9. The highest BCUT2D eigenvalue weighted by Crippen LogP contribution is 2.54. The molecule has 0 amide bonds. The van der Waals surface area contributed by atoms with E-state index in [4.69, 9.17) is 4.42 Å². The van der Waals surface area contributed by atoms with Crippen molar-refractivity contribution in [1.82, 2.24) is 0 Å². The molecule has 2 aliphatic heterocycles. The second-order valence-electron chi connectivity index (χ2n) is 23.3. The molecule has 1 aliphatic carbocycles. The molecule has 0 spiro atoms. The zero-order chi connectivity index (χ0) is 47.1. The van der Waals surface area contributed by atoms with Gasteiger partial charge in [-0.05, 0) is 151 Å². The monoisotopic (exact) mass is 884 g/mol. The van der Waals surface area contributed by atoms with Crippen molar-refractivity contribution in [1.29, 1.82) is 0 Å². The van der Waals surface area contributed by atoms with Crippen molar-refractivity contribution in [3.8, 4) is 33.4 Å². The maximum atomic E-state index is 7.47. The Balaban J connectivity index is 1.24. The molecule has 0 radical (unpaired) electrons. The SMILES string of the molecule is CC(C)(C)c1ccc(N2B3c4ccc(-c5ccccc5)cc4N(c4cccc(-c5ccccc5)c4)c4cc5c(oc6cc7c(cc65)C(C)(C)CCC7(C)C)c(c43)-c3cc(C(C)(C)C)ccc32)cc1. The number of hydrogen-bond donors (Lipinski definition) is 0. The highest BCUT2D eigenvalue weighted by molar-refractivity contribution is 6.94. The Hall–Kier alpha value is -6.78. The summed E-state index contributed by atoms with van der Waals surface area (Å²) in [6.07, 6.45) is 2.30. The summed E-state index contributed by atoms with van der Waals surface area (Å²) in [4.78, 5) is 5.21. The van der Waals surface area contributed by atoms with Gasteiger partial charge >= 0.3 is 6.85 Å². The molecule has 0 fully saturated rings. The van der Waals surface area contributed by atoms with Gasteiger partial charge in [0.1, 0.15) is 11.2 Å². The van der Waals surface area contributed by atoms with E-state index < -0.39 is 0 Å². The highest BCUT2D eigenvalue weighted by atomic mass is 16.3. The molecule has 12 rings (SSSR count). The van der Waals surface area contributed by atoms with Crippen LogP contribution in [-0.2, 0) is 21.7 Å². The minimum Gasteiger partial charge on any atom is -0.455 e. The van der Waals surface area contributed by atoms with Crippen LogP contribution in [0.5, 0.6) is 0 Å². The van der Waals surface area contributed by atoms with Crippen LogP contribution in [0.1, 0.15) is 104 Å². The number of benzene rings is 8. The van der Waals surface area contributed by atoms with Crippen molar-refractivity contribution in [2.45, 2.75) is 104 Å². The van der Waals surface area contributed by atoms with E-state index in [2.05, 4.69) is 243 Å². The van der Waals surface area contributed by atoms with Crippen LogP contribution in [0.4, 0.5) is 28.4 Å². The molecular weight excluding hydrogens is 824 g/mol. The van der Waals surface area contributed by atoms with Crippen LogP contribution in [0.2, 0.25) is 0 Å². The van der Waals surface area contributed by atoms with E-state index in [-0.39, 0.29) is 28.5 Å². The molecule has 3 aliphatic rings. The van der Waals surface area contributed by atoms with Crippen LogP contribution in [0.25, 0.3) is 55.3 Å². The molecule has 3 heterocycles. The fourth-order valence-corrected chi connectivity index (χ4v) is 11.7. The summed E-state index contributed by atoms with van der Waals surface area (Å²) in [5.41, 5.74) is 23.0. The average Bonchev–Trinajstić information content (AvgIpc) is 3.69. The summed E-state index contributed by atoms with van der Waals surface area (Å²) in [5.74, 6) is 0. The standard InChI is InChI=1S/C64H61BN2O/c1-61(2,3)44-25-28-46(29-26-44)67-54-31-27-45(62(4,5)6)36-50(54)58-59-56(38-49-48-37-51-52(39-57(48)68-60(49)58)64(9,10)33-32-63(51,7)8)66(47-23-17-22-42(34-47)40-18-13-11-14-19-40)55-35-43(24-30-53(55)65(59)67)41-20-15-12-16-21-41/h11-31,34-39H,32-33H2,1-10H3. The maximum absolute atomic E-state index is 7.47. The van der Waals surface area contributed by atoms with Crippen LogP contribution in [0.15, 0.2) is 168 Å². The Bertz CT molecular complexity index is 3470. The molecule has 8 aromatic carbocycles. The Morgan fingerprint density at radius 3 is 1.74 bits per heavy atom. The molecule has 0 saturated carbocycles. The number of anilines is 5. The second kappa shape index (κ2) is 14.9. The molecule has 0 saturated heterocycles. The van der Waals surface area contributed by atoms with E-state index in [9.17, 15) is 0 Å². The first kappa shape index (κ1) is 42.6. The van der Waals surface area contributed by atoms with Gasteiger partial charge in [-0.25, -0.2) is 0 Å². The average molecular weight is 885 g/mol. The maximum Gasteiger partial charge on any atom is 0.333 e. The molecule has 0 atom stereocenters. The first-order valence-electron chi connectivity index (χ1n) is 24.7. The molecule has 0 unspecified atom stereocenters. The summed E-state index contributed by atoms with van der Waals surface area (Å²) >= 11 is 0. The lowest BCUT2D eigenvalue weighted by atomic mass is 9.43. The third-order valence-corrected chi connectivity index (χ3v) is 15.8. The van der Waals surface area contributed by atoms with Gasteiger partial charge < -0.3 is 14.1 Å². The molecule has 3 nitrogen and oxygen atoms in total. The van der Waals surface area contributed by atoms with Crippen LogP contribution in [0.3, 0.4) is 0 Å². The third kappa shape index (κ3) is 6.61. The quantitative estimate of drug-likeness (QED) is 0.164. The van der Waals surface area contributed by atoms with Gasteiger partial charge in [0.05, 0.1) is 0 Å². The van der Waals surface area contributed by atoms with Crippen molar-refractivity contribution in [2.75, 3.05) is 9.71 Å². The predicted octanol–water partition coefficient (Wildman–Crippen LogP) is 16.6. The Morgan fingerprint density at radius 2 is 1.09 bits per heavy atom. The molecule has 336 valence electrons. The van der Waals surface area contributed by atoms with Crippen molar-refractivity contribution in [2.24, 2.45) is 0 Å². The zero-order valence-electron chi connectivity index (χ0n) is 41.4. The van der Waals surface area contributed by atoms with E-state index in [1.807, 2.05) is 0 Å². The van der Waals surface area contributed by atoms with E-state index in [1.54, 1.807) is 0 Å². The number of nitrogens with zero attached hydrogens (tertiary/aromatic N) is 2. The first-order valence-corrected chi connectivity index (χ1v) is 24.7. The minimum atomic E-state index is -0.162. The van der Waals surface area contributed by atoms with Gasteiger partial charge in [0, 0.05) is 50.3 Å². The molecule has 4 heteroatoms. The summed E-state index contributed by atoms with van der Waals surface area (Å²) in [5, 5.41) is 2.35. The predicted molar refractivity (Wildman–Crippen MR) is 291 cm³/mol. The smallest absolute Gasteiger partial charge is 0.333 e. The molecule has 9 aromatic rings. The van der Waals surface area contributed by atoms with Gasteiger partial charge in [0.2, 0.25) is 0 Å². The molecular formula is C64H61BN2O. The number of hydrogen-bond acceptors (Lipinski definition) is 3. The van der Waals surface area contributed by atoms with E-state index in [0.717, 1.165) is 35.1 Å². The Labute approximate surface area is 403 Å². The fourth-order valence-electron chi connectivity index (χ4n) is 11.7. The van der Waals surface area contributed by atoms with Crippen LogP contribution in [0, 0.1) is 0 Å². The summed E-state index contributed by atoms with van der Waals surface area (Å²) in [6.45, 7) is 23.4. The topological polar surface area (TPSA) is 19.6 Å². The molecule has 0 bridgehead atoms. The van der Waals surface area contributed by atoms with Gasteiger partial charge in [-0.3, -0.25) is 0 Å². The van der Waals surface area contributed by atoms with Crippen LogP contribution >= 0.6 is 0 Å². The van der Waals surface area contributed by atoms with Gasteiger partial charge in [-0.1, -0.05) is 172 Å². The van der Waals surface area contributed by atoms with Gasteiger partial charge in [-0.2, -0.15) is 0 Å². The zero-order valence-corrected chi connectivity index (χ0v) is 41.4. The summed E-state index contributed by atoms with van der Waals surface area (Å²) < 4.78 is 7.47. The Morgan fingerprint density at radius 1 is 0.485 bits per heavy atom. The molecule has 1 aromatic heterocycles. The van der Waals surface area contributed by atoms with E-state index >= 15 is 0 Å². The van der Waals surface area contributed by atoms with E-state index in [1.165, 1.54) is 94.7 Å². The largest absolute Gasteiger partial charge is 0.455 e. The van der Waals surface area contributed by atoms with E-state index in [0.29, 0.717) is 0 Å². The lowest BCUT2D eigenvalue weighted by Crippen LogP contribution is -2.61. The number of rotatable bonds is 4. The second-order valence-corrected chi connectivity index (χ2v) is 23.3. The summed E-state index contributed by atoms with van der Waals surface area (Å²) in [7, 11) is 0. The lowest BCUT2D eigenvalue weighted by molar-refractivity contribution is 0.332. The normalized spacial score (nSPS) is 15.8. The third-order valence-electron chi connectivity index (χ3n) is 15.8. The fraction of sp³-hybridized carbons (Fsp3) is 0.250. The van der Waals surface area contributed by atoms with Crippen molar-refractivity contribution in [3.05, 3.63) is 186 Å². The molecule has 68 heavy (non-hydrogen) atoms. The van der Waals surface area contributed by atoms with Gasteiger partial charge in [-0.15, -0.1) is 0 Å². The van der Waals surface area contributed by atoms with Crippen LogP contribution in [-0.4, -0.2) is 6.85 Å². The van der Waals surface area contributed by atoms with Gasteiger partial charge in [0.25, 0.3) is 0 Å². The van der Waals surface area contributed by atoms with Crippen LogP contribution < -0.4 is 20.6 Å². The Kier molecular flexibility index (Phi) is 9.30. The van der Waals surface area contributed by atoms with Crippen molar-refractivity contribution in [3.63, 3.8) is 0 Å². The van der Waals surface area contributed by atoms with Crippen molar-refractivity contribution < 1.29 is 4.42 Å². The molecule has 0 N–H and O–H groups in total. The van der Waals surface area contributed by atoms with Crippen molar-refractivity contribution >= 4 is 68.1 Å². The summed E-state index contributed by atoms with van der Waals surface area (Å²) in [6, 6.07) is 62.1. The van der Waals surface area contributed by atoms with Gasteiger partial charge in [0.15, 0.2) is 0 Å². The highest BCUT2D eigenvalue weighted by Gasteiger charge is 2.47. The first-order chi connectivity index (χ1) is 32.5. The lowest BCUT2D eigenvalue weighted by Gasteiger charge is -2.46. The number of furan rings is 1.